The second-order valence-electron chi connectivity index (χ2n) is 5.66. The number of fused-ring (bicyclic) bond motifs is 1. The molecule has 1 aromatic carbocycles. The van der Waals surface area contributed by atoms with Gasteiger partial charge in [0.15, 0.2) is 6.10 Å². The fourth-order valence-electron chi connectivity index (χ4n) is 2.10. The first kappa shape index (κ1) is 15.2. The number of amides is 2. The predicted octanol–water partition coefficient (Wildman–Crippen LogP) is 0.748. The topological polar surface area (TPSA) is 79.5 Å². The van der Waals surface area contributed by atoms with Crippen LogP contribution in [0, 0.1) is 5.41 Å². The first-order valence-corrected chi connectivity index (χ1v) is 6.93. The summed E-state index contributed by atoms with van der Waals surface area (Å²) in [6.07, 6.45) is -0.597. The van der Waals surface area contributed by atoms with Crippen LogP contribution >= 0.6 is 0 Å². The number of carbonyl (C=O) groups is 2. The highest BCUT2D eigenvalue weighted by atomic mass is 16.5. The minimum absolute atomic E-state index is 0.115. The van der Waals surface area contributed by atoms with Gasteiger partial charge in [-0.2, -0.15) is 0 Å². The van der Waals surface area contributed by atoms with Crippen molar-refractivity contribution in [1.29, 1.82) is 0 Å². The van der Waals surface area contributed by atoms with Crippen LogP contribution in [0.2, 0.25) is 0 Å². The van der Waals surface area contributed by atoms with Crippen molar-refractivity contribution in [3.63, 3.8) is 0 Å². The van der Waals surface area contributed by atoms with Gasteiger partial charge in [0.1, 0.15) is 5.75 Å². The lowest BCUT2D eigenvalue weighted by Gasteiger charge is -2.28. The van der Waals surface area contributed by atoms with E-state index in [1.807, 2.05) is 24.3 Å². The number of nitrogens with one attached hydrogen (secondary N) is 3. The molecule has 0 aliphatic carbocycles. The molecule has 3 N–H and O–H groups in total. The van der Waals surface area contributed by atoms with Crippen molar-refractivity contribution in [2.75, 3.05) is 25.5 Å². The van der Waals surface area contributed by atoms with Gasteiger partial charge in [-0.15, -0.1) is 0 Å². The molecule has 1 unspecified atom stereocenters. The molecule has 0 saturated heterocycles. The van der Waals surface area contributed by atoms with E-state index in [4.69, 9.17) is 4.74 Å². The van der Waals surface area contributed by atoms with Crippen LogP contribution in [0.15, 0.2) is 24.3 Å². The molecule has 21 heavy (non-hydrogen) atoms. The SMILES string of the molecule is CNC(=O)C(C)(C)CNC(=O)C1CNc2ccccc2O1. The first-order chi connectivity index (χ1) is 9.94. The second-order valence-corrected chi connectivity index (χ2v) is 5.66. The Kier molecular flexibility index (Phi) is 4.35. The Labute approximate surface area is 124 Å². The van der Waals surface area contributed by atoms with Crippen LogP contribution in [-0.4, -0.2) is 38.1 Å². The highest BCUT2D eigenvalue weighted by molar-refractivity contribution is 5.85. The minimum Gasteiger partial charge on any atom is -0.477 e. The number of anilines is 1. The third-order valence-electron chi connectivity index (χ3n) is 3.47. The molecule has 6 nitrogen and oxygen atoms in total. The molecule has 1 heterocycles. The van der Waals surface area contributed by atoms with Crippen LogP contribution in [0.1, 0.15) is 13.8 Å². The third-order valence-corrected chi connectivity index (χ3v) is 3.47. The molecule has 1 aliphatic heterocycles. The van der Waals surface area contributed by atoms with E-state index in [1.165, 1.54) is 0 Å². The fraction of sp³-hybridized carbons (Fsp3) is 0.467. The normalized spacial score (nSPS) is 17.0. The van der Waals surface area contributed by atoms with Crippen LogP contribution in [0.3, 0.4) is 0 Å². The molecule has 2 amide bonds. The van der Waals surface area contributed by atoms with Gasteiger partial charge >= 0.3 is 0 Å². The van der Waals surface area contributed by atoms with Gasteiger partial charge in [-0.3, -0.25) is 9.59 Å². The standard InChI is InChI=1S/C15H21N3O3/c1-15(2,14(20)16-3)9-18-13(19)12-8-17-10-6-4-5-7-11(10)21-12/h4-7,12,17H,8-9H2,1-3H3,(H,16,20)(H,18,19). The molecule has 1 atom stereocenters. The lowest BCUT2D eigenvalue weighted by atomic mass is 9.92. The molecular weight excluding hydrogens is 270 g/mol. The number of hydrogen-bond donors (Lipinski definition) is 3. The Bertz CT molecular complexity index is 543. The van der Waals surface area contributed by atoms with E-state index in [-0.39, 0.29) is 18.4 Å². The van der Waals surface area contributed by atoms with E-state index < -0.39 is 11.5 Å². The zero-order valence-electron chi connectivity index (χ0n) is 12.5. The van der Waals surface area contributed by atoms with Crippen molar-refractivity contribution in [1.82, 2.24) is 10.6 Å². The summed E-state index contributed by atoms with van der Waals surface area (Å²) < 4.78 is 5.67. The molecule has 0 saturated carbocycles. The summed E-state index contributed by atoms with van der Waals surface area (Å²) in [6.45, 7) is 4.22. The van der Waals surface area contributed by atoms with Crippen molar-refractivity contribution in [2.24, 2.45) is 5.41 Å². The molecule has 1 aromatic rings. The molecule has 1 aliphatic rings. The smallest absolute Gasteiger partial charge is 0.262 e. The molecular formula is C15H21N3O3. The average molecular weight is 291 g/mol. The molecule has 6 heteroatoms. The summed E-state index contributed by atoms with van der Waals surface area (Å²) in [5, 5.41) is 8.52. The Balaban J connectivity index is 1.92. The fourth-order valence-corrected chi connectivity index (χ4v) is 2.10. The summed E-state index contributed by atoms with van der Waals surface area (Å²) in [5.74, 6) is 0.319. The Morgan fingerprint density at radius 3 is 2.81 bits per heavy atom. The summed E-state index contributed by atoms with van der Waals surface area (Å²) in [5.41, 5.74) is 0.219. The van der Waals surface area contributed by atoms with Gasteiger partial charge in [-0.1, -0.05) is 12.1 Å². The van der Waals surface area contributed by atoms with Crippen molar-refractivity contribution in [3.8, 4) is 5.75 Å². The van der Waals surface area contributed by atoms with Crippen molar-refractivity contribution in [2.45, 2.75) is 20.0 Å². The van der Waals surface area contributed by atoms with Crippen LogP contribution < -0.4 is 20.7 Å². The molecule has 0 fully saturated rings. The molecule has 0 radical (unpaired) electrons. The lowest BCUT2D eigenvalue weighted by Crippen LogP contribution is -2.49. The molecule has 2 rings (SSSR count). The van der Waals surface area contributed by atoms with Crippen molar-refractivity contribution >= 4 is 17.5 Å². The molecule has 0 spiro atoms. The van der Waals surface area contributed by atoms with Gasteiger partial charge in [0.2, 0.25) is 5.91 Å². The maximum absolute atomic E-state index is 12.2. The van der Waals surface area contributed by atoms with Crippen LogP contribution in [0.4, 0.5) is 5.69 Å². The van der Waals surface area contributed by atoms with Gasteiger partial charge < -0.3 is 20.7 Å². The number of rotatable bonds is 4. The average Bonchev–Trinajstić information content (AvgIpc) is 2.51. The van der Waals surface area contributed by atoms with Crippen LogP contribution in [0.5, 0.6) is 5.75 Å². The monoisotopic (exact) mass is 291 g/mol. The highest BCUT2D eigenvalue weighted by Gasteiger charge is 2.30. The van der Waals surface area contributed by atoms with Crippen LogP contribution in [0.25, 0.3) is 0 Å². The minimum atomic E-state index is -0.662. The molecule has 0 aromatic heterocycles. The van der Waals surface area contributed by atoms with E-state index in [2.05, 4.69) is 16.0 Å². The van der Waals surface area contributed by atoms with Crippen molar-refractivity contribution < 1.29 is 14.3 Å². The maximum Gasteiger partial charge on any atom is 0.262 e. The second kappa shape index (κ2) is 6.03. The first-order valence-electron chi connectivity index (χ1n) is 6.93. The van der Waals surface area contributed by atoms with Crippen LogP contribution in [-0.2, 0) is 9.59 Å². The summed E-state index contributed by atoms with van der Waals surface area (Å²) in [6, 6.07) is 7.48. The van der Waals surface area contributed by atoms with Gasteiger partial charge in [0, 0.05) is 13.6 Å². The lowest BCUT2D eigenvalue weighted by molar-refractivity contribution is -0.131. The Morgan fingerprint density at radius 1 is 1.38 bits per heavy atom. The van der Waals surface area contributed by atoms with E-state index in [0.29, 0.717) is 12.3 Å². The Hall–Kier alpha value is -2.24. The van der Waals surface area contributed by atoms with E-state index in [1.54, 1.807) is 20.9 Å². The molecule has 114 valence electrons. The highest BCUT2D eigenvalue weighted by Crippen LogP contribution is 2.28. The number of hydrogen-bond acceptors (Lipinski definition) is 4. The van der Waals surface area contributed by atoms with Gasteiger partial charge in [0.05, 0.1) is 17.6 Å². The summed E-state index contributed by atoms with van der Waals surface area (Å²) in [7, 11) is 1.58. The largest absolute Gasteiger partial charge is 0.477 e. The van der Waals surface area contributed by atoms with Gasteiger partial charge in [-0.05, 0) is 26.0 Å². The molecule has 0 bridgehead atoms. The zero-order chi connectivity index (χ0) is 15.5. The quantitative estimate of drug-likeness (QED) is 0.765. The maximum atomic E-state index is 12.2. The van der Waals surface area contributed by atoms with E-state index in [9.17, 15) is 9.59 Å². The van der Waals surface area contributed by atoms with Crippen molar-refractivity contribution in [3.05, 3.63) is 24.3 Å². The zero-order valence-corrected chi connectivity index (χ0v) is 12.5. The predicted molar refractivity (Wildman–Crippen MR) is 80.2 cm³/mol. The Morgan fingerprint density at radius 2 is 2.10 bits per heavy atom. The number of carbonyl (C=O) groups excluding carboxylic acids is 2. The number of para-hydroxylation sites is 2. The van der Waals surface area contributed by atoms with Gasteiger partial charge in [-0.25, -0.2) is 0 Å². The third kappa shape index (κ3) is 3.45. The van der Waals surface area contributed by atoms with E-state index in [0.717, 1.165) is 5.69 Å². The number of ether oxygens (including phenoxy) is 1. The summed E-state index contributed by atoms with van der Waals surface area (Å²) >= 11 is 0. The van der Waals surface area contributed by atoms with E-state index >= 15 is 0 Å². The van der Waals surface area contributed by atoms with Gasteiger partial charge in [0.25, 0.3) is 5.91 Å². The summed E-state index contributed by atoms with van der Waals surface area (Å²) in [4.78, 5) is 23.8. The number of benzene rings is 1.